The zero-order valence-electron chi connectivity index (χ0n) is 19.9. The molecule has 0 amide bonds. The van der Waals surface area contributed by atoms with Crippen molar-refractivity contribution in [2.75, 3.05) is 5.73 Å². The van der Waals surface area contributed by atoms with Crippen molar-refractivity contribution >= 4 is 17.5 Å². The Bertz CT molecular complexity index is 1270. The van der Waals surface area contributed by atoms with Crippen LogP contribution in [-0.4, -0.2) is 14.9 Å². The molecule has 3 aromatic rings. The minimum absolute atomic E-state index is 0.150. The third-order valence-electron chi connectivity index (χ3n) is 5.47. The molecule has 0 unspecified atom stereocenters. The number of hydrogen-bond acceptors (Lipinski definition) is 5. The topological polar surface area (TPSA) is 112 Å². The summed E-state index contributed by atoms with van der Waals surface area (Å²) in [6.45, 7) is 12.2. The normalized spacial score (nSPS) is 12.3. The van der Waals surface area contributed by atoms with Gasteiger partial charge in [-0.15, -0.1) is 0 Å². The molecule has 1 aromatic heterocycles. The van der Waals surface area contributed by atoms with Gasteiger partial charge < -0.3 is 10.8 Å². The van der Waals surface area contributed by atoms with Gasteiger partial charge in [-0.05, 0) is 46.7 Å². The Labute approximate surface area is 195 Å². The minimum atomic E-state index is -0.308. The van der Waals surface area contributed by atoms with E-state index in [-0.39, 0.29) is 39.2 Å². The Morgan fingerprint density at radius 1 is 1.00 bits per heavy atom. The molecular weight excluding hydrogens is 410 g/mol. The number of phenolic OH excluding ortho intramolecular Hbond substituents is 1. The van der Waals surface area contributed by atoms with Gasteiger partial charge in [0.25, 0.3) is 0 Å². The molecule has 0 spiro atoms. The molecule has 2 aromatic carbocycles. The number of allylic oxidation sites excluding steroid dienone is 1. The molecule has 3 N–H and O–H groups in total. The van der Waals surface area contributed by atoms with Crippen LogP contribution < -0.4 is 5.73 Å². The highest BCUT2D eigenvalue weighted by Gasteiger charge is 2.27. The first-order chi connectivity index (χ1) is 15.4. The number of nitrogens with zero attached hydrogens (tertiary/aromatic N) is 4. The third kappa shape index (κ3) is 4.61. The lowest BCUT2D eigenvalue weighted by Gasteiger charge is -2.28. The monoisotopic (exact) mass is 439 g/mol. The smallest absolute Gasteiger partial charge is 0.145 e. The van der Waals surface area contributed by atoms with E-state index in [9.17, 15) is 15.6 Å². The van der Waals surface area contributed by atoms with E-state index in [0.29, 0.717) is 5.69 Å². The van der Waals surface area contributed by atoms with Crippen LogP contribution in [0, 0.1) is 22.7 Å². The fourth-order valence-corrected chi connectivity index (χ4v) is 3.70. The number of anilines is 1. The maximum Gasteiger partial charge on any atom is 0.145 e. The van der Waals surface area contributed by atoms with Crippen molar-refractivity contribution in [2.45, 2.75) is 52.4 Å². The summed E-state index contributed by atoms with van der Waals surface area (Å²) in [6, 6.07) is 17.3. The highest BCUT2D eigenvalue weighted by molar-refractivity contribution is 5.91. The zero-order chi connectivity index (χ0) is 24.6. The first kappa shape index (κ1) is 23.6. The quantitative estimate of drug-likeness (QED) is 0.509. The molecule has 0 aliphatic heterocycles. The number of para-hydroxylation sites is 1. The SMILES string of the molecule is CC(C)(C)c1cc(C=C(C#N)c2nn(-c3ccccc3)c(N)c2C#N)cc(C(C)(C)C)c1O. The summed E-state index contributed by atoms with van der Waals surface area (Å²) in [5, 5.41) is 35.2. The molecule has 6 heteroatoms. The van der Waals surface area contributed by atoms with Gasteiger partial charge in [0.1, 0.15) is 35.0 Å². The Morgan fingerprint density at radius 2 is 1.55 bits per heavy atom. The lowest BCUT2D eigenvalue weighted by molar-refractivity contribution is 0.423. The second kappa shape index (κ2) is 8.48. The van der Waals surface area contributed by atoms with Crippen LogP contribution >= 0.6 is 0 Å². The number of nitrogen functional groups attached to an aromatic ring is 1. The van der Waals surface area contributed by atoms with Crippen LogP contribution in [0.2, 0.25) is 0 Å². The highest BCUT2D eigenvalue weighted by Crippen LogP contribution is 2.40. The van der Waals surface area contributed by atoms with Crippen LogP contribution in [0.3, 0.4) is 0 Å². The van der Waals surface area contributed by atoms with Crippen LogP contribution in [0.1, 0.15) is 69.5 Å². The van der Waals surface area contributed by atoms with Crippen LogP contribution in [0.25, 0.3) is 17.3 Å². The van der Waals surface area contributed by atoms with Crippen LogP contribution in [0.15, 0.2) is 42.5 Å². The highest BCUT2D eigenvalue weighted by atomic mass is 16.3. The summed E-state index contributed by atoms with van der Waals surface area (Å²) in [5.74, 6) is 0.442. The molecule has 1 heterocycles. The molecule has 33 heavy (non-hydrogen) atoms. The molecule has 0 radical (unpaired) electrons. The van der Waals surface area contributed by atoms with E-state index in [2.05, 4.69) is 17.2 Å². The summed E-state index contributed by atoms with van der Waals surface area (Å²) in [5.41, 5.74) is 9.22. The number of phenols is 1. The molecule has 0 aliphatic carbocycles. The zero-order valence-corrected chi connectivity index (χ0v) is 19.9. The van der Waals surface area contributed by atoms with Gasteiger partial charge in [-0.3, -0.25) is 0 Å². The maximum atomic E-state index is 11.0. The second-order valence-corrected chi connectivity index (χ2v) is 10.1. The van der Waals surface area contributed by atoms with Gasteiger partial charge in [0.2, 0.25) is 0 Å². The van der Waals surface area contributed by atoms with E-state index < -0.39 is 0 Å². The number of nitriles is 2. The maximum absolute atomic E-state index is 11.0. The van der Waals surface area contributed by atoms with Crippen LogP contribution in [0.5, 0.6) is 5.75 Å². The average Bonchev–Trinajstić information content (AvgIpc) is 3.07. The molecule has 6 nitrogen and oxygen atoms in total. The van der Waals surface area contributed by atoms with Crippen molar-refractivity contribution in [3.05, 3.63) is 70.4 Å². The summed E-state index contributed by atoms with van der Waals surface area (Å²) in [7, 11) is 0. The van der Waals surface area contributed by atoms with Gasteiger partial charge in [-0.25, -0.2) is 4.68 Å². The van der Waals surface area contributed by atoms with Crippen LogP contribution in [-0.2, 0) is 10.8 Å². The molecule has 0 fully saturated rings. The number of rotatable bonds is 3. The fraction of sp³-hybridized carbons (Fsp3) is 0.296. The molecule has 0 atom stereocenters. The summed E-state index contributed by atoms with van der Waals surface area (Å²) in [6.07, 6.45) is 1.70. The lowest BCUT2D eigenvalue weighted by Crippen LogP contribution is -2.17. The predicted molar refractivity (Wildman–Crippen MR) is 132 cm³/mol. The molecule has 3 rings (SSSR count). The molecule has 0 aliphatic rings. The van der Waals surface area contributed by atoms with Crippen molar-refractivity contribution in [1.82, 2.24) is 9.78 Å². The third-order valence-corrected chi connectivity index (χ3v) is 5.47. The largest absolute Gasteiger partial charge is 0.507 e. The van der Waals surface area contributed by atoms with E-state index in [0.717, 1.165) is 16.7 Å². The van der Waals surface area contributed by atoms with Gasteiger partial charge in [0, 0.05) is 11.1 Å². The van der Waals surface area contributed by atoms with Gasteiger partial charge >= 0.3 is 0 Å². The predicted octanol–water partition coefficient (Wildman–Crippen LogP) is 5.69. The van der Waals surface area contributed by atoms with E-state index >= 15 is 0 Å². The minimum Gasteiger partial charge on any atom is -0.507 e. The van der Waals surface area contributed by atoms with E-state index in [1.54, 1.807) is 6.08 Å². The molecular formula is C27H29N5O. The van der Waals surface area contributed by atoms with Crippen molar-refractivity contribution in [2.24, 2.45) is 0 Å². The summed E-state index contributed by atoms with van der Waals surface area (Å²) in [4.78, 5) is 0. The van der Waals surface area contributed by atoms with E-state index in [1.165, 1.54) is 4.68 Å². The molecule has 168 valence electrons. The van der Waals surface area contributed by atoms with Gasteiger partial charge in [0.15, 0.2) is 0 Å². The van der Waals surface area contributed by atoms with E-state index in [4.69, 9.17) is 5.73 Å². The number of benzene rings is 2. The first-order valence-corrected chi connectivity index (χ1v) is 10.7. The summed E-state index contributed by atoms with van der Waals surface area (Å²) < 4.78 is 1.47. The fourth-order valence-electron chi connectivity index (χ4n) is 3.70. The van der Waals surface area contributed by atoms with Crippen molar-refractivity contribution in [1.29, 1.82) is 10.5 Å². The second-order valence-electron chi connectivity index (χ2n) is 10.1. The standard InChI is InChI=1S/C27H29N5O/c1-26(2,3)21-13-17(14-22(24(21)33)27(4,5)6)12-18(15-28)23-20(16-29)25(30)32(31-23)19-10-8-7-9-11-19/h7-14,33H,30H2,1-6H3. The molecule has 0 saturated heterocycles. The van der Waals surface area contributed by atoms with Gasteiger partial charge in [-0.2, -0.15) is 15.6 Å². The van der Waals surface area contributed by atoms with Crippen molar-refractivity contribution in [3.63, 3.8) is 0 Å². The number of nitrogens with two attached hydrogens (primary N) is 1. The van der Waals surface area contributed by atoms with Gasteiger partial charge in [0.05, 0.1) is 11.3 Å². The average molecular weight is 440 g/mol. The Kier molecular flexibility index (Phi) is 6.07. The Balaban J connectivity index is 2.25. The lowest BCUT2D eigenvalue weighted by atomic mass is 9.78. The Hall–Kier alpha value is -4.03. The number of aromatic nitrogens is 2. The van der Waals surface area contributed by atoms with Gasteiger partial charge in [-0.1, -0.05) is 59.7 Å². The molecule has 0 bridgehead atoms. The number of aromatic hydroxyl groups is 1. The van der Waals surface area contributed by atoms with E-state index in [1.807, 2.05) is 84.0 Å². The van der Waals surface area contributed by atoms with Crippen molar-refractivity contribution in [3.8, 4) is 23.6 Å². The summed E-state index contributed by atoms with van der Waals surface area (Å²) >= 11 is 0. The molecule has 0 saturated carbocycles. The Morgan fingerprint density at radius 3 is 2.00 bits per heavy atom. The van der Waals surface area contributed by atoms with Crippen molar-refractivity contribution < 1.29 is 5.11 Å². The van der Waals surface area contributed by atoms with Crippen LogP contribution in [0.4, 0.5) is 5.82 Å². The number of hydrogen-bond donors (Lipinski definition) is 2. The first-order valence-electron chi connectivity index (χ1n) is 10.7.